The van der Waals surface area contributed by atoms with Gasteiger partial charge in [-0.05, 0) is 48.0 Å². The zero-order chi connectivity index (χ0) is 18.5. The molecule has 26 heavy (non-hydrogen) atoms. The maximum absolute atomic E-state index is 12.2. The van der Waals surface area contributed by atoms with Crippen molar-refractivity contribution in [3.8, 4) is 18.1 Å². The normalized spacial score (nSPS) is 15.4. The number of carbonyl (C=O) groups excluding carboxylic acids is 2. The molecular weight excluding hydrogens is 346 g/mol. The monoisotopic (exact) mass is 363 g/mol. The van der Waals surface area contributed by atoms with Crippen LogP contribution in [0.5, 0.6) is 5.75 Å². The lowest BCUT2D eigenvalue weighted by Gasteiger charge is -2.07. The second-order valence-corrected chi connectivity index (χ2v) is 6.81. The molecule has 0 aromatic heterocycles. The predicted molar refractivity (Wildman–Crippen MR) is 103 cm³/mol. The zero-order valence-corrected chi connectivity index (χ0v) is 15.1. The number of terminal acetylenes is 1. The standard InChI is InChI=1S/C21H17NO3S/c1-3-12-22-20(23)19(26-21(22)24)13-16-8-10-18(11-9-16)25-14-17-6-4-15(2)5-7-17/h1,4-11,13H,12,14H2,2H3/b19-13-. The number of aryl methyl sites for hydroxylation is 1. The molecular formula is C21H17NO3S. The maximum atomic E-state index is 12.2. The van der Waals surface area contributed by atoms with Crippen molar-refractivity contribution in [3.05, 3.63) is 70.1 Å². The lowest BCUT2D eigenvalue weighted by Crippen LogP contribution is -2.28. The molecule has 2 aromatic carbocycles. The summed E-state index contributed by atoms with van der Waals surface area (Å²) >= 11 is 0.901. The molecule has 4 nitrogen and oxygen atoms in total. The van der Waals surface area contributed by atoms with Crippen LogP contribution in [0.2, 0.25) is 0 Å². The van der Waals surface area contributed by atoms with E-state index in [1.807, 2.05) is 43.3 Å². The third-order valence-corrected chi connectivity index (χ3v) is 4.73. The van der Waals surface area contributed by atoms with E-state index in [1.165, 1.54) is 5.56 Å². The Bertz CT molecular complexity index is 892. The van der Waals surface area contributed by atoms with Gasteiger partial charge < -0.3 is 4.74 Å². The highest BCUT2D eigenvalue weighted by Gasteiger charge is 2.34. The molecule has 2 amide bonds. The van der Waals surface area contributed by atoms with Crippen LogP contribution >= 0.6 is 11.8 Å². The molecule has 0 aliphatic carbocycles. The van der Waals surface area contributed by atoms with Crippen LogP contribution in [-0.4, -0.2) is 22.6 Å². The first-order valence-electron chi connectivity index (χ1n) is 8.04. The number of rotatable bonds is 5. The predicted octanol–water partition coefficient (Wildman–Crippen LogP) is 4.24. The number of imide groups is 1. The van der Waals surface area contributed by atoms with Crippen LogP contribution in [0.15, 0.2) is 53.4 Å². The van der Waals surface area contributed by atoms with Gasteiger partial charge in [0.25, 0.3) is 11.1 Å². The minimum Gasteiger partial charge on any atom is -0.489 e. The van der Waals surface area contributed by atoms with E-state index in [4.69, 9.17) is 11.2 Å². The van der Waals surface area contributed by atoms with Gasteiger partial charge in [-0.3, -0.25) is 14.5 Å². The number of benzene rings is 2. The second kappa shape index (κ2) is 7.94. The van der Waals surface area contributed by atoms with Gasteiger partial charge in [-0.2, -0.15) is 0 Å². The van der Waals surface area contributed by atoms with Gasteiger partial charge in [-0.1, -0.05) is 47.9 Å². The summed E-state index contributed by atoms with van der Waals surface area (Å²) < 4.78 is 5.77. The molecule has 1 fully saturated rings. The Kier molecular flexibility index (Phi) is 5.45. The number of hydrogen-bond acceptors (Lipinski definition) is 4. The molecule has 0 spiro atoms. The first kappa shape index (κ1) is 17.8. The van der Waals surface area contributed by atoms with E-state index in [1.54, 1.807) is 6.08 Å². The Labute approximate surface area is 156 Å². The molecule has 0 unspecified atom stereocenters. The highest BCUT2D eigenvalue weighted by atomic mass is 32.2. The molecule has 1 aliphatic heterocycles. The molecule has 0 saturated carbocycles. The average molecular weight is 363 g/mol. The number of thioether (sulfide) groups is 1. The van der Waals surface area contributed by atoms with E-state index in [2.05, 4.69) is 18.1 Å². The summed E-state index contributed by atoms with van der Waals surface area (Å²) in [6, 6.07) is 15.5. The fourth-order valence-corrected chi connectivity index (χ4v) is 3.23. The van der Waals surface area contributed by atoms with E-state index in [9.17, 15) is 9.59 Å². The molecule has 1 heterocycles. The highest BCUT2D eigenvalue weighted by Crippen LogP contribution is 2.32. The van der Waals surface area contributed by atoms with Crippen LogP contribution in [-0.2, 0) is 11.4 Å². The molecule has 2 aromatic rings. The van der Waals surface area contributed by atoms with Gasteiger partial charge >= 0.3 is 0 Å². The third-order valence-electron chi connectivity index (χ3n) is 3.83. The van der Waals surface area contributed by atoms with Crippen molar-refractivity contribution in [2.45, 2.75) is 13.5 Å². The van der Waals surface area contributed by atoms with Crippen LogP contribution in [0, 0.1) is 19.3 Å². The average Bonchev–Trinajstić information content (AvgIpc) is 2.90. The van der Waals surface area contributed by atoms with Crippen molar-refractivity contribution >= 4 is 29.0 Å². The van der Waals surface area contributed by atoms with Gasteiger partial charge in [-0.25, -0.2) is 0 Å². The molecule has 0 radical (unpaired) electrons. The lowest BCUT2D eigenvalue weighted by atomic mass is 10.1. The number of ether oxygens (including phenoxy) is 1. The van der Waals surface area contributed by atoms with Crippen LogP contribution < -0.4 is 4.74 Å². The Hall–Kier alpha value is -2.97. The number of hydrogen-bond donors (Lipinski definition) is 0. The molecule has 1 saturated heterocycles. The minimum atomic E-state index is -0.349. The van der Waals surface area contributed by atoms with Crippen molar-refractivity contribution in [3.63, 3.8) is 0 Å². The molecule has 0 bridgehead atoms. The minimum absolute atomic E-state index is 0.00616. The third kappa shape index (κ3) is 4.16. The lowest BCUT2D eigenvalue weighted by molar-refractivity contribution is -0.122. The van der Waals surface area contributed by atoms with E-state index < -0.39 is 0 Å². The van der Waals surface area contributed by atoms with Gasteiger partial charge in [0.15, 0.2) is 0 Å². The first-order valence-corrected chi connectivity index (χ1v) is 8.86. The topological polar surface area (TPSA) is 46.6 Å². The molecule has 3 rings (SSSR count). The summed E-state index contributed by atoms with van der Waals surface area (Å²) in [7, 11) is 0. The maximum Gasteiger partial charge on any atom is 0.294 e. The van der Waals surface area contributed by atoms with Crippen molar-refractivity contribution in [2.75, 3.05) is 6.54 Å². The Morgan fingerprint density at radius 3 is 2.46 bits per heavy atom. The molecule has 5 heteroatoms. The SMILES string of the molecule is C#CCN1C(=O)S/C(=C\c2ccc(OCc3ccc(C)cc3)cc2)C1=O. The second-order valence-electron chi connectivity index (χ2n) is 5.82. The smallest absolute Gasteiger partial charge is 0.294 e. The van der Waals surface area contributed by atoms with Crippen molar-refractivity contribution in [1.82, 2.24) is 4.90 Å². The van der Waals surface area contributed by atoms with Gasteiger partial charge in [0, 0.05) is 0 Å². The summed E-state index contributed by atoms with van der Waals surface area (Å²) in [5, 5.41) is -0.336. The highest BCUT2D eigenvalue weighted by molar-refractivity contribution is 8.18. The van der Waals surface area contributed by atoms with Crippen LogP contribution in [0.1, 0.15) is 16.7 Å². The summed E-state index contributed by atoms with van der Waals surface area (Å²) in [4.78, 5) is 25.4. The summed E-state index contributed by atoms with van der Waals surface area (Å²) in [5.41, 5.74) is 3.13. The fourth-order valence-electron chi connectivity index (χ4n) is 2.39. The quantitative estimate of drug-likeness (QED) is 0.589. The Morgan fingerprint density at radius 2 is 1.81 bits per heavy atom. The van der Waals surface area contributed by atoms with Crippen molar-refractivity contribution in [2.24, 2.45) is 0 Å². The Morgan fingerprint density at radius 1 is 1.12 bits per heavy atom. The zero-order valence-electron chi connectivity index (χ0n) is 14.3. The molecule has 0 atom stereocenters. The summed E-state index contributed by atoms with van der Waals surface area (Å²) in [5.74, 6) is 2.71. The van der Waals surface area contributed by atoms with E-state index in [-0.39, 0.29) is 17.7 Å². The molecule has 1 aliphatic rings. The van der Waals surface area contributed by atoms with E-state index in [0.717, 1.165) is 33.5 Å². The largest absolute Gasteiger partial charge is 0.489 e. The summed E-state index contributed by atoms with van der Waals surface area (Å²) in [6.45, 7) is 2.53. The first-order chi connectivity index (χ1) is 12.6. The van der Waals surface area contributed by atoms with Gasteiger partial charge in [0.1, 0.15) is 12.4 Å². The van der Waals surface area contributed by atoms with Crippen molar-refractivity contribution < 1.29 is 14.3 Å². The molecule has 0 N–H and O–H groups in total. The molecule has 130 valence electrons. The Balaban J connectivity index is 1.64. The number of amides is 2. The number of nitrogens with zero attached hydrogens (tertiary/aromatic N) is 1. The van der Waals surface area contributed by atoms with Gasteiger partial charge in [0.05, 0.1) is 11.4 Å². The van der Waals surface area contributed by atoms with E-state index >= 15 is 0 Å². The summed E-state index contributed by atoms with van der Waals surface area (Å²) in [6.07, 6.45) is 6.87. The van der Waals surface area contributed by atoms with Crippen LogP contribution in [0.25, 0.3) is 6.08 Å². The number of carbonyl (C=O) groups is 2. The van der Waals surface area contributed by atoms with Crippen molar-refractivity contribution in [1.29, 1.82) is 0 Å². The van der Waals surface area contributed by atoms with Crippen LogP contribution in [0.4, 0.5) is 4.79 Å². The van der Waals surface area contributed by atoms with Gasteiger partial charge in [0.2, 0.25) is 0 Å². The fraction of sp³-hybridized carbons (Fsp3) is 0.143. The van der Waals surface area contributed by atoms with Gasteiger partial charge in [-0.15, -0.1) is 6.42 Å². The van der Waals surface area contributed by atoms with E-state index in [0.29, 0.717) is 11.5 Å². The van der Waals surface area contributed by atoms with Crippen LogP contribution in [0.3, 0.4) is 0 Å².